The van der Waals surface area contributed by atoms with E-state index in [2.05, 4.69) is 0 Å². The van der Waals surface area contributed by atoms with Crippen molar-refractivity contribution >= 4 is 0 Å². The second kappa shape index (κ2) is 39.5. The molecule has 4 N–H and O–H groups in total. The maximum atomic E-state index is 9.53. The number of hydrogen-bond donors (Lipinski definition) is 4. The molecule has 0 aliphatic heterocycles. The summed E-state index contributed by atoms with van der Waals surface area (Å²) >= 11 is 0. The monoisotopic (exact) mass is 406 g/mol. The first kappa shape index (κ1) is 44.7. The molecule has 0 saturated heterocycles. The van der Waals surface area contributed by atoms with Crippen LogP contribution in [-0.2, 0) is 21.7 Å². The maximum Gasteiger partial charge on any atom is 2.00 e. The van der Waals surface area contributed by atoms with Gasteiger partial charge in [0.25, 0.3) is 0 Å². The van der Waals surface area contributed by atoms with Crippen molar-refractivity contribution in [2.75, 3.05) is 0 Å². The zero-order valence-electron chi connectivity index (χ0n) is 18.6. The third-order valence-corrected chi connectivity index (χ3v) is 0. The predicted octanol–water partition coefficient (Wildman–Crippen LogP) is 1.06. The van der Waals surface area contributed by atoms with E-state index in [1.54, 1.807) is 83.1 Å². The van der Waals surface area contributed by atoms with Crippen LogP contribution in [0.2, 0.25) is 0 Å². The van der Waals surface area contributed by atoms with Gasteiger partial charge in [-0.05, 0) is 55.4 Å². The van der Waals surface area contributed by atoms with Gasteiger partial charge in [-0.15, -0.1) is 12.2 Å². The molecule has 0 spiro atoms. The van der Waals surface area contributed by atoms with E-state index >= 15 is 0 Å². The molecule has 0 amide bonds. The molecule has 6 nitrogen and oxygen atoms in total. The molecular weight excluding hydrogens is 360 g/mol. The van der Waals surface area contributed by atoms with Crippen LogP contribution in [0.15, 0.2) is 0 Å². The number of aliphatic hydroxyl groups excluding tert-OH is 4. The fourth-order valence-electron chi connectivity index (χ4n) is 0. The van der Waals surface area contributed by atoms with E-state index in [0.717, 1.165) is 0 Å². The molecule has 25 heavy (non-hydrogen) atoms. The normalized spacial score (nSPS) is 8.64. The minimum absolute atomic E-state index is 0. The van der Waals surface area contributed by atoms with Crippen molar-refractivity contribution in [1.82, 2.24) is 0 Å². The second-order valence-electron chi connectivity index (χ2n) is 6.47. The van der Waals surface area contributed by atoms with Crippen molar-refractivity contribution < 1.29 is 52.4 Å². The Labute approximate surface area is 172 Å². The Morgan fingerprint density at radius 2 is 0.400 bits per heavy atom. The molecule has 0 aromatic heterocycles. The first-order valence-electron chi connectivity index (χ1n) is 8.43. The van der Waals surface area contributed by atoms with Gasteiger partial charge in [0.15, 0.2) is 0 Å². The minimum Gasteiger partial charge on any atom is -0.852 e. The average molecular weight is 406 g/mol. The van der Waals surface area contributed by atoms with Crippen LogP contribution in [0.4, 0.5) is 0 Å². The van der Waals surface area contributed by atoms with Gasteiger partial charge in [-0.25, -0.2) is 0 Å². The summed E-state index contributed by atoms with van der Waals surface area (Å²) in [5.74, 6) is 0. The second-order valence-corrected chi connectivity index (χ2v) is 6.47. The number of rotatable bonds is 0. The smallest absolute Gasteiger partial charge is 0.852 e. The summed E-state index contributed by atoms with van der Waals surface area (Å²) < 4.78 is 0. The van der Waals surface area contributed by atoms with Gasteiger partial charge < -0.3 is 30.6 Å². The largest absolute Gasteiger partial charge is 2.00 e. The molecule has 0 bridgehead atoms. The van der Waals surface area contributed by atoms with Gasteiger partial charge in [0.1, 0.15) is 0 Å². The molecule has 0 aliphatic rings. The predicted molar refractivity (Wildman–Crippen MR) is 99.7 cm³/mol. The first-order chi connectivity index (χ1) is 10.4. The summed E-state index contributed by atoms with van der Waals surface area (Å²) in [6.45, 7) is 20.2. The van der Waals surface area contributed by atoms with Crippen LogP contribution in [-0.4, -0.2) is 57.0 Å². The Balaban J connectivity index is -0.0000000309. The fourth-order valence-corrected chi connectivity index (χ4v) is 0. The van der Waals surface area contributed by atoms with Crippen LogP contribution in [0.25, 0.3) is 0 Å². The molecule has 0 aromatic carbocycles. The summed E-state index contributed by atoms with van der Waals surface area (Å²) in [5.41, 5.74) is 0. The van der Waals surface area contributed by atoms with Crippen molar-refractivity contribution in [2.45, 2.75) is 120 Å². The van der Waals surface area contributed by atoms with Crippen LogP contribution in [0.5, 0.6) is 0 Å². The van der Waals surface area contributed by atoms with Gasteiger partial charge in [-0.3, -0.25) is 0 Å². The Kier molecular flexibility index (Phi) is 70.7. The summed E-state index contributed by atoms with van der Waals surface area (Å²) in [4.78, 5) is 0. The van der Waals surface area contributed by atoms with E-state index in [-0.39, 0.29) is 46.1 Å². The van der Waals surface area contributed by atoms with Crippen molar-refractivity contribution in [1.29, 1.82) is 0 Å². The molecule has 158 valence electrons. The number of aliphatic hydroxyl groups is 4. The van der Waals surface area contributed by atoms with Crippen LogP contribution in [0, 0.1) is 0 Å². The Bertz CT molecular complexity index is 101. The van der Waals surface area contributed by atoms with Crippen molar-refractivity contribution in [3.63, 3.8) is 0 Å². The molecule has 0 atom stereocenters. The molecule has 0 fully saturated rings. The van der Waals surface area contributed by atoms with Gasteiger partial charge in [-0.2, -0.15) is 0 Å². The van der Waals surface area contributed by atoms with Gasteiger partial charge in [-0.1, -0.05) is 27.7 Å². The van der Waals surface area contributed by atoms with E-state index < -0.39 is 12.2 Å². The summed E-state index contributed by atoms with van der Waals surface area (Å²) in [7, 11) is 0. The zero-order valence-corrected chi connectivity index (χ0v) is 20.1. The summed E-state index contributed by atoms with van der Waals surface area (Å²) in [5, 5.41) is 51.3. The third-order valence-electron chi connectivity index (χ3n) is 0. The fraction of sp³-hybridized carbons (Fsp3) is 1.00. The summed E-state index contributed by atoms with van der Waals surface area (Å²) in [6, 6.07) is 0. The molecule has 0 unspecified atom stereocenters. The topological polar surface area (TPSA) is 127 Å². The molecule has 0 saturated carbocycles. The van der Waals surface area contributed by atoms with E-state index in [9.17, 15) is 10.2 Å². The molecule has 0 aromatic rings. The van der Waals surface area contributed by atoms with E-state index in [0.29, 0.717) is 0 Å². The SMILES string of the molecule is CC(C)O.CC(C)O.CC(C)O.CC(C)O.CC(C)[O-].CC(C)[O-].[Ti+2]. The number of hydrogen-bond acceptors (Lipinski definition) is 6. The molecular formula is C18H46O6Ti. The van der Waals surface area contributed by atoms with Gasteiger partial charge in [0.2, 0.25) is 0 Å². The standard InChI is InChI=1S/4C3H8O.2C3H7O.Ti/c6*1-3(2)4;/h4*3-4H,1-2H3;2*3H,1-2H3;/q;;;;2*-1;+2. The summed E-state index contributed by atoms with van der Waals surface area (Å²) in [6.07, 6.45) is -1.50. The molecule has 0 radical (unpaired) electrons. The Morgan fingerprint density at radius 1 is 0.400 bits per heavy atom. The first-order valence-corrected chi connectivity index (χ1v) is 8.43. The quantitative estimate of drug-likeness (QED) is 0.446. The van der Waals surface area contributed by atoms with Crippen LogP contribution >= 0.6 is 0 Å². The van der Waals surface area contributed by atoms with Gasteiger partial charge in [0, 0.05) is 24.4 Å². The van der Waals surface area contributed by atoms with E-state index in [1.807, 2.05) is 0 Å². The van der Waals surface area contributed by atoms with Crippen molar-refractivity contribution in [2.24, 2.45) is 0 Å². The molecule has 0 heterocycles. The molecule has 7 heteroatoms. The van der Waals surface area contributed by atoms with E-state index in [4.69, 9.17) is 20.4 Å². The average Bonchev–Trinajstić information content (AvgIpc) is 2.08. The Hall–Kier alpha value is 0.474. The third kappa shape index (κ3) is 55000. The molecule has 0 rings (SSSR count). The molecule has 0 aliphatic carbocycles. The van der Waals surface area contributed by atoms with Gasteiger partial charge >= 0.3 is 21.7 Å². The van der Waals surface area contributed by atoms with E-state index in [1.165, 1.54) is 0 Å². The minimum atomic E-state index is -0.417. The zero-order chi connectivity index (χ0) is 21.5. The van der Waals surface area contributed by atoms with Crippen molar-refractivity contribution in [3.05, 3.63) is 0 Å². The van der Waals surface area contributed by atoms with Crippen LogP contribution in [0.1, 0.15) is 83.1 Å². The van der Waals surface area contributed by atoms with Crippen molar-refractivity contribution in [3.8, 4) is 0 Å². The Morgan fingerprint density at radius 3 is 0.400 bits per heavy atom. The maximum absolute atomic E-state index is 9.53. The van der Waals surface area contributed by atoms with Gasteiger partial charge in [0.05, 0.1) is 0 Å². The van der Waals surface area contributed by atoms with Crippen LogP contribution in [0.3, 0.4) is 0 Å². The van der Waals surface area contributed by atoms with Crippen LogP contribution < -0.4 is 10.2 Å².